The molecule has 0 amide bonds. The van der Waals surface area contributed by atoms with Crippen LogP contribution in [0.3, 0.4) is 0 Å². The van der Waals surface area contributed by atoms with E-state index in [1.165, 1.54) is 0 Å². The number of hydrogen-bond acceptors (Lipinski definition) is 6. The molecule has 2 atom stereocenters. The molecule has 134 valence electrons. The van der Waals surface area contributed by atoms with Crippen LogP contribution in [-0.2, 0) is 19.6 Å². The Labute approximate surface area is 134 Å². The van der Waals surface area contributed by atoms with Crippen LogP contribution in [0.1, 0.15) is 74.7 Å². The van der Waals surface area contributed by atoms with E-state index in [1.807, 2.05) is 34.6 Å². The molecule has 2 N–H and O–H groups in total. The Morgan fingerprint density at radius 1 is 0.727 bits per heavy atom. The Hall–Kier alpha value is -0.240. The highest BCUT2D eigenvalue weighted by Gasteiger charge is 2.34. The van der Waals surface area contributed by atoms with Gasteiger partial charge < -0.3 is 10.2 Å². The van der Waals surface area contributed by atoms with E-state index in [9.17, 15) is 10.2 Å². The molecule has 0 saturated heterocycles. The summed E-state index contributed by atoms with van der Waals surface area (Å²) in [5.41, 5.74) is -1.30. The summed E-state index contributed by atoms with van der Waals surface area (Å²) in [5.74, 6) is -1.08. The van der Waals surface area contributed by atoms with Crippen LogP contribution in [0.15, 0.2) is 0 Å². The molecule has 0 bridgehead atoms. The van der Waals surface area contributed by atoms with Crippen LogP contribution < -0.4 is 0 Å². The van der Waals surface area contributed by atoms with Crippen molar-refractivity contribution in [2.45, 2.75) is 104 Å². The van der Waals surface area contributed by atoms with Crippen molar-refractivity contribution in [3.05, 3.63) is 0 Å². The van der Waals surface area contributed by atoms with Gasteiger partial charge in [0.2, 0.25) is 5.79 Å². The van der Waals surface area contributed by atoms with Crippen molar-refractivity contribution in [2.75, 3.05) is 0 Å². The molecule has 0 aliphatic carbocycles. The van der Waals surface area contributed by atoms with Gasteiger partial charge in [0.15, 0.2) is 0 Å². The fourth-order valence-corrected chi connectivity index (χ4v) is 2.02. The molecule has 0 rings (SSSR count). The molecule has 0 saturated carbocycles. The van der Waals surface area contributed by atoms with Crippen LogP contribution >= 0.6 is 0 Å². The van der Waals surface area contributed by atoms with Crippen LogP contribution in [0, 0.1) is 0 Å². The summed E-state index contributed by atoms with van der Waals surface area (Å²) in [6, 6.07) is 0. The van der Waals surface area contributed by atoms with Crippen LogP contribution in [0.4, 0.5) is 0 Å². The highest BCUT2D eigenvalue weighted by molar-refractivity contribution is 4.71. The third kappa shape index (κ3) is 9.71. The number of rotatable bonds is 11. The summed E-state index contributed by atoms with van der Waals surface area (Å²) < 4.78 is 0. The highest BCUT2D eigenvalue weighted by atomic mass is 17.3. The molecular weight excluding hydrogens is 288 g/mol. The van der Waals surface area contributed by atoms with Gasteiger partial charge in [0.25, 0.3) is 0 Å². The van der Waals surface area contributed by atoms with Crippen molar-refractivity contribution in [1.82, 2.24) is 0 Å². The van der Waals surface area contributed by atoms with Gasteiger partial charge >= 0.3 is 0 Å². The van der Waals surface area contributed by atoms with Gasteiger partial charge in [-0.3, -0.25) is 0 Å². The zero-order chi connectivity index (χ0) is 17.6. The molecule has 2 unspecified atom stereocenters. The van der Waals surface area contributed by atoms with Crippen molar-refractivity contribution in [3.8, 4) is 0 Å². The second kappa shape index (κ2) is 8.57. The molecular formula is C16H34O6. The molecule has 0 aromatic rings. The summed E-state index contributed by atoms with van der Waals surface area (Å²) >= 11 is 0. The quantitative estimate of drug-likeness (QED) is 0.346. The van der Waals surface area contributed by atoms with Crippen molar-refractivity contribution < 1.29 is 29.8 Å². The number of aliphatic hydroxyl groups excluding tert-OH is 2. The highest BCUT2D eigenvalue weighted by Crippen LogP contribution is 2.27. The second-order valence-electron chi connectivity index (χ2n) is 7.45. The minimum Gasteiger partial charge on any atom is -0.393 e. The maximum absolute atomic E-state index is 9.45. The van der Waals surface area contributed by atoms with E-state index in [4.69, 9.17) is 19.6 Å². The van der Waals surface area contributed by atoms with E-state index in [2.05, 4.69) is 0 Å². The van der Waals surface area contributed by atoms with Crippen molar-refractivity contribution in [2.24, 2.45) is 0 Å². The topological polar surface area (TPSA) is 77.4 Å². The first-order valence-electron chi connectivity index (χ1n) is 7.91. The Morgan fingerprint density at radius 3 is 1.27 bits per heavy atom. The average Bonchev–Trinajstić information content (AvgIpc) is 2.31. The van der Waals surface area contributed by atoms with Gasteiger partial charge in [0, 0.05) is 19.3 Å². The fourth-order valence-electron chi connectivity index (χ4n) is 2.02. The fraction of sp³-hybridized carbons (Fsp3) is 1.00. The molecule has 0 fully saturated rings. The standard InChI is InChI=1S/C16H34O6/c1-9-16(8,21-19-14(4,5)10-12(2)17)22-20-15(6,7)11-13(3)18/h12-13,17-18H,9-11H2,1-8H3. The smallest absolute Gasteiger partial charge is 0.231 e. The largest absolute Gasteiger partial charge is 0.393 e. The molecule has 0 spiro atoms. The van der Waals surface area contributed by atoms with Crippen LogP contribution in [0.5, 0.6) is 0 Å². The first-order valence-corrected chi connectivity index (χ1v) is 7.91. The Morgan fingerprint density at radius 2 is 1.05 bits per heavy atom. The third-order valence-corrected chi connectivity index (χ3v) is 3.10. The minimum atomic E-state index is -1.08. The SMILES string of the molecule is CCC(C)(OOC(C)(C)CC(C)O)OOC(C)(C)CC(C)O. The minimum absolute atomic E-state index is 0.432. The maximum Gasteiger partial charge on any atom is 0.231 e. The lowest BCUT2D eigenvalue weighted by Crippen LogP contribution is -2.40. The normalized spacial score (nSPS) is 18.8. The van der Waals surface area contributed by atoms with E-state index < -0.39 is 29.2 Å². The molecule has 0 aliphatic rings. The van der Waals surface area contributed by atoms with E-state index >= 15 is 0 Å². The van der Waals surface area contributed by atoms with E-state index in [-0.39, 0.29) is 0 Å². The average molecular weight is 322 g/mol. The molecule has 0 radical (unpaired) electrons. The molecule has 0 heterocycles. The number of aliphatic hydroxyl groups is 2. The summed E-state index contributed by atoms with van der Waals surface area (Å²) in [6.45, 7) is 14.3. The molecule has 6 nitrogen and oxygen atoms in total. The van der Waals surface area contributed by atoms with E-state index in [0.717, 1.165) is 0 Å². The molecule has 22 heavy (non-hydrogen) atoms. The van der Waals surface area contributed by atoms with Gasteiger partial charge in [-0.1, -0.05) is 6.92 Å². The number of hydrogen-bond donors (Lipinski definition) is 2. The molecule has 0 aliphatic heterocycles. The molecule has 0 aromatic carbocycles. The summed E-state index contributed by atoms with van der Waals surface area (Å²) in [6.07, 6.45) is 0.382. The van der Waals surface area contributed by atoms with Gasteiger partial charge in [0.05, 0.1) is 12.2 Å². The first-order chi connectivity index (χ1) is 9.81. The summed E-state index contributed by atoms with van der Waals surface area (Å²) in [7, 11) is 0. The maximum atomic E-state index is 9.45. The lowest BCUT2D eigenvalue weighted by Gasteiger charge is -2.34. The molecule has 0 aromatic heterocycles. The van der Waals surface area contributed by atoms with Crippen LogP contribution in [-0.4, -0.2) is 39.4 Å². The second-order valence-corrected chi connectivity index (χ2v) is 7.45. The lowest BCUT2D eigenvalue weighted by molar-refractivity contribution is -0.540. The predicted octanol–water partition coefficient (Wildman–Crippen LogP) is 3.11. The Balaban J connectivity index is 4.52. The van der Waals surface area contributed by atoms with E-state index in [0.29, 0.717) is 19.3 Å². The van der Waals surface area contributed by atoms with E-state index in [1.54, 1.807) is 20.8 Å². The van der Waals surface area contributed by atoms with Gasteiger partial charge in [-0.2, -0.15) is 9.78 Å². The van der Waals surface area contributed by atoms with Gasteiger partial charge in [-0.15, -0.1) is 0 Å². The van der Waals surface area contributed by atoms with Gasteiger partial charge in [-0.25, -0.2) is 9.78 Å². The zero-order valence-corrected chi connectivity index (χ0v) is 15.3. The monoisotopic (exact) mass is 322 g/mol. The Bertz CT molecular complexity index is 286. The zero-order valence-electron chi connectivity index (χ0n) is 15.3. The van der Waals surface area contributed by atoms with Crippen LogP contribution in [0.25, 0.3) is 0 Å². The summed E-state index contributed by atoms with van der Waals surface area (Å²) in [5, 5.41) is 18.9. The molecule has 6 heteroatoms. The van der Waals surface area contributed by atoms with Crippen molar-refractivity contribution in [1.29, 1.82) is 0 Å². The lowest BCUT2D eigenvalue weighted by atomic mass is 10.0. The van der Waals surface area contributed by atoms with Gasteiger partial charge in [0.1, 0.15) is 11.2 Å². The van der Waals surface area contributed by atoms with Gasteiger partial charge in [-0.05, 0) is 48.5 Å². The first kappa shape index (κ1) is 21.8. The van der Waals surface area contributed by atoms with Crippen LogP contribution in [0.2, 0.25) is 0 Å². The van der Waals surface area contributed by atoms with Crippen molar-refractivity contribution >= 4 is 0 Å². The third-order valence-electron chi connectivity index (χ3n) is 3.10. The summed E-state index contributed by atoms with van der Waals surface area (Å²) in [4.78, 5) is 21.7. The van der Waals surface area contributed by atoms with Crippen molar-refractivity contribution in [3.63, 3.8) is 0 Å². The Kier molecular flexibility index (Phi) is 8.47. The predicted molar refractivity (Wildman–Crippen MR) is 83.8 cm³/mol.